The molecule has 2 N–H and O–H groups in total. The van der Waals surface area contributed by atoms with Crippen molar-refractivity contribution in [3.8, 4) is 0 Å². The lowest BCUT2D eigenvalue weighted by Gasteiger charge is -2.26. The molecule has 2 fully saturated rings. The molecule has 0 aromatic heterocycles. The Labute approximate surface area is 224 Å². The molecule has 2 heterocycles. The van der Waals surface area contributed by atoms with Gasteiger partial charge in [0.05, 0.1) is 13.2 Å². The summed E-state index contributed by atoms with van der Waals surface area (Å²) in [7, 11) is 0. The number of hydrogen-bond acceptors (Lipinski definition) is 6. The molecule has 8 heteroatoms. The second kappa shape index (κ2) is 12.9. The third-order valence-electron chi connectivity index (χ3n) is 7.49. The summed E-state index contributed by atoms with van der Waals surface area (Å²) >= 11 is 0. The summed E-state index contributed by atoms with van der Waals surface area (Å²) in [6, 6.07) is 11.4. The van der Waals surface area contributed by atoms with E-state index in [1.807, 2.05) is 44.2 Å². The first-order valence-electron chi connectivity index (χ1n) is 13.5. The Bertz CT molecular complexity index is 1200. The topological polar surface area (TPSA) is 105 Å². The van der Waals surface area contributed by atoms with Crippen LogP contribution >= 0.6 is 0 Å². The average molecular weight is 520 g/mol. The number of ketones is 1. The van der Waals surface area contributed by atoms with Crippen LogP contribution in [-0.4, -0.2) is 61.3 Å². The minimum absolute atomic E-state index is 0.0873. The Kier molecular flexibility index (Phi) is 9.42. The van der Waals surface area contributed by atoms with Crippen LogP contribution in [0.15, 0.2) is 36.4 Å². The Morgan fingerprint density at radius 2 is 1.87 bits per heavy atom. The summed E-state index contributed by atoms with van der Waals surface area (Å²) in [4.78, 5) is 51.6. The zero-order chi connectivity index (χ0) is 27.1. The van der Waals surface area contributed by atoms with Crippen LogP contribution in [0.25, 0.3) is 0 Å². The van der Waals surface area contributed by atoms with Crippen LogP contribution in [0.1, 0.15) is 69.2 Å². The number of hydrogen-bond donors (Lipinski definition) is 2. The van der Waals surface area contributed by atoms with Gasteiger partial charge in [-0.05, 0) is 60.6 Å². The van der Waals surface area contributed by atoms with Crippen LogP contribution in [-0.2, 0) is 33.7 Å². The molecule has 0 bridgehead atoms. The highest BCUT2D eigenvalue weighted by atomic mass is 16.5. The smallest absolute Gasteiger partial charge is 0.251 e. The zero-order valence-electron chi connectivity index (χ0n) is 22.3. The fraction of sp³-hybridized carbons (Fsp3) is 0.467. The van der Waals surface area contributed by atoms with Gasteiger partial charge in [0.2, 0.25) is 11.8 Å². The number of piperidine rings is 1. The standard InChI is InChI=1S/C30H37N3O5/c1-3-22-17-21(4-8-26(22)27(34)18-25-7-9-28(35)32-30(25)37)19-31-29(36)24-6-5-23(20(2)16-24)10-11-33-12-14-38-15-13-33/h4-6,8,16-17,25H,3,7,9-15,18-19H2,1-2H3,(H,31,36)(H,32,35,37). The van der Waals surface area contributed by atoms with Gasteiger partial charge >= 0.3 is 0 Å². The van der Waals surface area contributed by atoms with Gasteiger partial charge in [-0.15, -0.1) is 0 Å². The van der Waals surface area contributed by atoms with Crippen molar-refractivity contribution in [2.45, 2.75) is 52.5 Å². The van der Waals surface area contributed by atoms with Crippen LogP contribution in [0.3, 0.4) is 0 Å². The average Bonchev–Trinajstić information content (AvgIpc) is 2.92. The van der Waals surface area contributed by atoms with Crippen LogP contribution in [0.4, 0.5) is 0 Å². The molecule has 2 aromatic carbocycles. The van der Waals surface area contributed by atoms with Gasteiger partial charge in [-0.1, -0.05) is 31.2 Å². The van der Waals surface area contributed by atoms with E-state index in [4.69, 9.17) is 4.74 Å². The number of Topliss-reactive ketones (excluding diaryl/α,β-unsaturated/α-hetero) is 1. The largest absolute Gasteiger partial charge is 0.379 e. The molecule has 0 radical (unpaired) electrons. The number of ether oxygens (including phenoxy) is 1. The molecule has 2 aliphatic rings. The summed E-state index contributed by atoms with van der Waals surface area (Å²) in [6.07, 6.45) is 2.35. The quantitative estimate of drug-likeness (QED) is 0.369. The normalized spacial score (nSPS) is 18.2. The number of carbonyl (C=O) groups is 4. The lowest BCUT2D eigenvalue weighted by molar-refractivity contribution is -0.136. The molecule has 8 nitrogen and oxygen atoms in total. The maximum absolute atomic E-state index is 12.9. The highest BCUT2D eigenvalue weighted by Gasteiger charge is 2.29. The molecule has 38 heavy (non-hydrogen) atoms. The number of benzene rings is 2. The van der Waals surface area contributed by atoms with E-state index in [9.17, 15) is 19.2 Å². The maximum atomic E-state index is 12.9. The van der Waals surface area contributed by atoms with Gasteiger partial charge in [0.15, 0.2) is 5.78 Å². The number of rotatable bonds is 10. The molecule has 3 amide bonds. The molecule has 2 aromatic rings. The fourth-order valence-corrected chi connectivity index (χ4v) is 5.09. The van der Waals surface area contributed by atoms with Crippen molar-refractivity contribution in [2.24, 2.45) is 5.92 Å². The second-order valence-corrected chi connectivity index (χ2v) is 10.1. The van der Waals surface area contributed by atoms with Gasteiger partial charge in [0.1, 0.15) is 0 Å². The molecule has 0 saturated carbocycles. The summed E-state index contributed by atoms with van der Waals surface area (Å²) in [6.45, 7) is 8.88. The van der Waals surface area contributed by atoms with E-state index in [0.717, 1.165) is 56.0 Å². The van der Waals surface area contributed by atoms with E-state index in [2.05, 4.69) is 15.5 Å². The fourth-order valence-electron chi connectivity index (χ4n) is 5.09. The number of amides is 3. The van der Waals surface area contributed by atoms with Crippen molar-refractivity contribution in [3.05, 3.63) is 69.8 Å². The Hall–Kier alpha value is -3.36. The van der Waals surface area contributed by atoms with Crippen LogP contribution < -0.4 is 10.6 Å². The molecular weight excluding hydrogens is 482 g/mol. The molecule has 202 valence electrons. The lowest BCUT2D eigenvalue weighted by Crippen LogP contribution is -2.41. The van der Waals surface area contributed by atoms with Crippen molar-refractivity contribution >= 4 is 23.5 Å². The SMILES string of the molecule is CCc1cc(CNC(=O)c2ccc(CCN3CCOCC3)c(C)c2)ccc1C(=O)CC1CCC(=O)NC1=O. The molecule has 2 saturated heterocycles. The number of aryl methyl sites for hydroxylation is 2. The predicted octanol–water partition coefficient (Wildman–Crippen LogP) is 2.99. The molecule has 1 unspecified atom stereocenters. The Morgan fingerprint density at radius 3 is 2.58 bits per heavy atom. The van der Waals surface area contributed by atoms with Crippen LogP contribution in [0.2, 0.25) is 0 Å². The number of imide groups is 1. The molecule has 4 rings (SSSR count). The van der Waals surface area contributed by atoms with E-state index in [-0.39, 0.29) is 36.3 Å². The third-order valence-corrected chi connectivity index (χ3v) is 7.49. The minimum atomic E-state index is -0.474. The first kappa shape index (κ1) is 27.7. The first-order valence-corrected chi connectivity index (χ1v) is 13.5. The van der Waals surface area contributed by atoms with Crippen molar-refractivity contribution < 1.29 is 23.9 Å². The number of carbonyl (C=O) groups excluding carboxylic acids is 4. The van der Waals surface area contributed by atoms with E-state index < -0.39 is 5.92 Å². The van der Waals surface area contributed by atoms with E-state index in [1.54, 1.807) is 6.07 Å². The highest BCUT2D eigenvalue weighted by molar-refractivity contribution is 6.03. The monoisotopic (exact) mass is 519 g/mol. The molecule has 1 atom stereocenters. The van der Waals surface area contributed by atoms with Crippen LogP contribution in [0, 0.1) is 12.8 Å². The molecule has 2 aliphatic heterocycles. The van der Waals surface area contributed by atoms with Crippen molar-refractivity contribution in [1.29, 1.82) is 0 Å². The summed E-state index contributed by atoms with van der Waals surface area (Å²) in [5.74, 6) is -1.36. The van der Waals surface area contributed by atoms with Gasteiger partial charge < -0.3 is 10.1 Å². The van der Waals surface area contributed by atoms with Crippen LogP contribution in [0.5, 0.6) is 0 Å². The lowest BCUT2D eigenvalue weighted by atomic mass is 9.88. The zero-order valence-corrected chi connectivity index (χ0v) is 22.3. The molecular formula is C30H37N3O5. The minimum Gasteiger partial charge on any atom is -0.379 e. The van der Waals surface area contributed by atoms with E-state index >= 15 is 0 Å². The summed E-state index contributed by atoms with van der Waals surface area (Å²) < 4.78 is 5.41. The van der Waals surface area contributed by atoms with Gasteiger partial charge in [-0.3, -0.25) is 29.4 Å². The van der Waals surface area contributed by atoms with Crippen molar-refractivity contribution in [3.63, 3.8) is 0 Å². The maximum Gasteiger partial charge on any atom is 0.251 e. The number of nitrogens with zero attached hydrogens (tertiary/aromatic N) is 1. The third kappa shape index (κ3) is 7.14. The van der Waals surface area contributed by atoms with Gasteiger partial charge in [-0.25, -0.2) is 0 Å². The summed E-state index contributed by atoms with van der Waals surface area (Å²) in [5.41, 5.74) is 5.37. The summed E-state index contributed by atoms with van der Waals surface area (Å²) in [5, 5.41) is 5.30. The van der Waals surface area contributed by atoms with Crippen molar-refractivity contribution in [2.75, 3.05) is 32.8 Å². The van der Waals surface area contributed by atoms with Gasteiger partial charge in [0.25, 0.3) is 5.91 Å². The second-order valence-electron chi connectivity index (χ2n) is 10.1. The Balaban J connectivity index is 1.32. The van der Waals surface area contributed by atoms with Gasteiger partial charge in [-0.2, -0.15) is 0 Å². The van der Waals surface area contributed by atoms with Gasteiger partial charge in [0, 0.05) is 56.1 Å². The molecule has 0 aliphatic carbocycles. The highest BCUT2D eigenvalue weighted by Crippen LogP contribution is 2.22. The molecule has 0 spiro atoms. The number of nitrogens with one attached hydrogen (secondary N) is 2. The first-order chi connectivity index (χ1) is 18.3. The van der Waals surface area contributed by atoms with E-state index in [1.165, 1.54) is 5.56 Å². The number of morpholine rings is 1. The van der Waals surface area contributed by atoms with E-state index in [0.29, 0.717) is 30.5 Å². The van der Waals surface area contributed by atoms with Crippen molar-refractivity contribution in [1.82, 2.24) is 15.5 Å². The predicted molar refractivity (Wildman–Crippen MR) is 144 cm³/mol. The Morgan fingerprint density at radius 1 is 1.08 bits per heavy atom.